The average Bonchev–Trinajstić information content (AvgIpc) is 2.91. The summed E-state index contributed by atoms with van der Waals surface area (Å²) in [5.74, 6) is -0.266. The highest BCUT2D eigenvalue weighted by Gasteiger charge is 2.22. The molecule has 2 aromatic rings. The smallest absolute Gasteiger partial charge is 0.273 e. The number of nitrogens with one attached hydrogen (secondary N) is 2. The van der Waals surface area contributed by atoms with Gasteiger partial charge in [-0.25, -0.2) is 13.4 Å². The number of aryl methyl sites for hydroxylation is 2. The molecule has 2 N–H and O–H groups in total. The van der Waals surface area contributed by atoms with Gasteiger partial charge in [0.15, 0.2) is 9.34 Å². The number of thiazole rings is 1. The molecule has 0 fully saturated rings. The first-order valence-electron chi connectivity index (χ1n) is 7.76. The Morgan fingerprint density at radius 1 is 1.24 bits per heavy atom. The van der Waals surface area contributed by atoms with E-state index in [1.54, 1.807) is 19.1 Å². The molecule has 0 saturated carbocycles. The molecule has 0 spiro atoms. The van der Waals surface area contributed by atoms with Crippen molar-refractivity contribution in [3.63, 3.8) is 0 Å². The first-order valence-corrected chi connectivity index (χ1v) is 10.1. The fourth-order valence-electron chi connectivity index (χ4n) is 2.00. The molecule has 1 aromatic heterocycles. The topological polar surface area (TPSA) is 97.4 Å². The lowest BCUT2D eigenvalue weighted by atomic mass is 10.2. The zero-order chi connectivity index (χ0) is 18.4. The molecular formula is C16H21N3O4S2. The van der Waals surface area contributed by atoms with Gasteiger partial charge in [-0.1, -0.05) is 29.0 Å². The maximum Gasteiger partial charge on any atom is 0.273 e. The monoisotopic (exact) mass is 383 g/mol. The van der Waals surface area contributed by atoms with E-state index in [9.17, 15) is 13.2 Å². The Labute approximate surface area is 151 Å². The van der Waals surface area contributed by atoms with E-state index < -0.39 is 10.0 Å². The van der Waals surface area contributed by atoms with Crippen molar-refractivity contribution in [2.24, 2.45) is 0 Å². The summed E-state index contributed by atoms with van der Waals surface area (Å²) < 4.78 is 32.8. The third-order valence-electron chi connectivity index (χ3n) is 3.23. The van der Waals surface area contributed by atoms with Crippen LogP contribution in [0.3, 0.4) is 0 Å². The zero-order valence-corrected chi connectivity index (χ0v) is 16.0. The lowest BCUT2D eigenvalue weighted by molar-refractivity contribution is -0.117. The number of carbonyl (C=O) groups is 1. The van der Waals surface area contributed by atoms with Gasteiger partial charge >= 0.3 is 0 Å². The van der Waals surface area contributed by atoms with Crippen molar-refractivity contribution in [1.29, 1.82) is 0 Å². The van der Waals surface area contributed by atoms with Crippen molar-refractivity contribution in [1.82, 2.24) is 4.98 Å². The van der Waals surface area contributed by atoms with Crippen LogP contribution in [0.1, 0.15) is 24.6 Å². The van der Waals surface area contributed by atoms with E-state index in [0.29, 0.717) is 24.6 Å². The summed E-state index contributed by atoms with van der Waals surface area (Å²) in [6, 6.07) is 7.03. The van der Waals surface area contributed by atoms with Crippen LogP contribution < -0.4 is 10.0 Å². The minimum Gasteiger partial charge on any atom is -0.381 e. The number of nitrogens with zero attached hydrogens (tertiary/aromatic N) is 1. The third-order valence-corrected chi connectivity index (χ3v) is 6.29. The van der Waals surface area contributed by atoms with Crippen LogP contribution in [0, 0.1) is 13.8 Å². The lowest BCUT2D eigenvalue weighted by Crippen LogP contribution is -2.14. The van der Waals surface area contributed by atoms with Gasteiger partial charge in [0.2, 0.25) is 5.91 Å². The number of hydrogen-bond donors (Lipinski definition) is 2. The average molecular weight is 383 g/mol. The predicted molar refractivity (Wildman–Crippen MR) is 98.6 cm³/mol. The SMILES string of the molecule is CCOCCC(=O)Nc1nc(C)c(S(=O)(=O)Nc2ccc(C)cc2)s1. The van der Waals surface area contributed by atoms with E-state index in [2.05, 4.69) is 15.0 Å². The van der Waals surface area contributed by atoms with Gasteiger partial charge in [-0.2, -0.15) is 0 Å². The van der Waals surface area contributed by atoms with Crippen LogP contribution in [0.15, 0.2) is 28.5 Å². The maximum atomic E-state index is 12.5. The second-order valence-electron chi connectivity index (χ2n) is 5.36. The number of hydrogen-bond acceptors (Lipinski definition) is 6. The van der Waals surface area contributed by atoms with Crippen molar-refractivity contribution in [2.45, 2.75) is 31.4 Å². The molecule has 1 heterocycles. The standard InChI is InChI=1S/C16H21N3O4S2/c1-4-23-10-9-14(20)18-16-17-12(3)15(24-16)25(21,22)19-13-7-5-11(2)6-8-13/h5-8,19H,4,9-10H2,1-3H3,(H,17,18,20). The minimum absolute atomic E-state index is 0.0770. The summed E-state index contributed by atoms with van der Waals surface area (Å²) >= 11 is 0.922. The van der Waals surface area contributed by atoms with Crippen LogP contribution in [-0.4, -0.2) is 32.5 Å². The third kappa shape index (κ3) is 5.52. The molecule has 0 aliphatic heterocycles. The van der Waals surface area contributed by atoms with Crippen LogP contribution in [0.4, 0.5) is 10.8 Å². The number of rotatable bonds is 8. The molecule has 0 unspecified atom stereocenters. The number of amides is 1. The summed E-state index contributed by atoms with van der Waals surface area (Å²) in [6.45, 7) is 6.21. The summed E-state index contributed by atoms with van der Waals surface area (Å²) in [5.41, 5.74) is 1.85. The zero-order valence-electron chi connectivity index (χ0n) is 14.3. The number of ether oxygens (including phenoxy) is 1. The fraction of sp³-hybridized carbons (Fsp3) is 0.375. The Hall–Kier alpha value is -1.97. The molecule has 1 aromatic carbocycles. The van der Waals surface area contributed by atoms with Crippen LogP contribution in [0.5, 0.6) is 0 Å². The van der Waals surface area contributed by atoms with Crippen LogP contribution >= 0.6 is 11.3 Å². The molecular weight excluding hydrogens is 362 g/mol. The van der Waals surface area contributed by atoms with Crippen molar-refractivity contribution in [3.8, 4) is 0 Å². The van der Waals surface area contributed by atoms with Crippen molar-refractivity contribution in [3.05, 3.63) is 35.5 Å². The number of benzene rings is 1. The molecule has 7 nitrogen and oxygen atoms in total. The highest BCUT2D eigenvalue weighted by atomic mass is 32.2. The molecule has 0 bridgehead atoms. The molecule has 136 valence electrons. The molecule has 0 aliphatic rings. The number of carbonyl (C=O) groups excluding carboxylic acids is 1. The van der Waals surface area contributed by atoms with Crippen LogP contribution in [-0.2, 0) is 19.6 Å². The first kappa shape index (κ1) is 19.4. The molecule has 0 saturated heterocycles. The predicted octanol–water partition coefficient (Wildman–Crippen LogP) is 2.93. The number of aromatic nitrogens is 1. The second kappa shape index (κ2) is 8.41. The molecule has 0 radical (unpaired) electrons. The minimum atomic E-state index is -3.76. The quantitative estimate of drug-likeness (QED) is 0.683. The van der Waals surface area contributed by atoms with Gasteiger partial charge in [-0.15, -0.1) is 0 Å². The summed E-state index contributed by atoms with van der Waals surface area (Å²) in [7, 11) is -3.76. The molecule has 25 heavy (non-hydrogen) atoms. The Morgan fingerprint density at radius 2 is 1.92 bits per heavy atom. The Balaban J connectivity index is 2.09. The molecule has 0 atom stereocenters. The van der Waals surface area contributed by atoms with Crippen LogP contribution in [0.25, 0.3) is 0 Å². The maximum absolute atomic E-state index is 12.5. The Kier molecular flexibility index (Phi) is 6.51. The van der Waals surface area contributed by atoms with Crippen molar-refractivity contribution >= 4 is 38.1 Å². The van der Waals surface area contributed by atoms with Gasteiger partial charge < -0.3 is 10.1 Å². The van der Waals surface area contributed by atoms with E-state index in [-0.39, 0.29) is 21.7 Å². The van der Waals surface area contributed by atoms with E-state index in [4.69, 9.17) is 4.74 Å². The summed E-state index contributed by atoms with van der Waals surface area (Å²) in [4.78, 5) is 15.9. The van der Waals surface area contributed by atoms with Crippen molar-refractivity contribution in [2.75, 3.05) is 23.3 Å². The van der Waals surface area contributed by atoms with Crippen molar-refractivity contribution < 1.29 is 17.9 Å². The van der Waals surface area contributed by atoms with E-state index in [1.165, 1.54) is 0 Å². The van der Waals surface area contributed by atoms with Gasteiger partial charge in [-0.3, -0.25) is 9.52 Å². The normalized spacial score (nSPS) is 11.3. The van der Waals surface area contributed by atoms with E-state index >= 15 is 0 Å². The first-order chi connectivity index (χ1) is 11.8. The lowest BCUT2D eigenvalue weighted by Gasteiger charge is -2.06. The van der Waals surface area contributed by atoms with Gasteiger partial charge in [-0.05, 0) is 32.9 Å². The number of anilines is 2. The fourth-order valence-corrected chi connectivity index (χ4v) is 4.49. The molecule has 0 aliphatic carbocycles. The van der Waals surface area contributed by atoms with E-state index in [0.717, 1.165) is 16.9 Å². The highest BCUT2D eigenvalue weighted by Crippen LogP contribution is 2.29. The summed E-state index contributed by atoms with van der Waals surface area (Å²) in [6.07, 6.45) is 0.191. The second-order valence-corrected chi connectivity index (χ2v) is 8.24. The Morgan fingerprint density at radius 3 is 2.56 bits per heavy atom. The largest absolute Gasteiger partial charge is 0.381 e. The molecule has 9 heteroatoms. The molecule has 1 amide bonds. The van der Waals surface area contributed by atoms with Gasteiger partial charge in [0, 0.05) is 12.3 Å². The van der Waals surface area contributed by atoms with Gasteiger partial charge in [0.1, 0.15) is 0 Å². The van der Waals surface area contributed by atoms with Gasteiger partial charge in [0.25, 0.3) is 10.0 Å². The Bertz CT molecular complexity index is 830. The van der Waals surface area contributed by atoms with Gasteiger partial charge in [0.05, 0.1) is 18.7 Å². The molecule has 2 rings (SSSR count). The highest BCUT2D eigenvalue weighted by molar-refractivity contribution is 7.94. The van der Waals surface area contributed by atoms with Crippen LogP contribution in [0.2, 0.25) is 0 Å². The summed E-state index contributed by atoms with van der Waals surface area (Å²) in [5, 5.41) is 2.85. The number of sulfonamides is 1. The van der Waals surface area contributed by atoms with E-state index in [1.807, 2.05) is 26.0 Å².